The number of carbonyl (C=O) groups excluding carboxylic acids is 1. The van der Waals surface area contributed by atoms with Crippen molar-refractivity contribution in [3.8, 4) is 11.4 Å². The first-order chi connectivity index (χ1) is 12.6. The van der Waals surface area contributed by atoms with Gasteiger partial charge in [-0.2, -0.15) is 0 Å². The Kier molecular flexibility index (Phi) is 5.53. The van der Waals surface area contributed by atoms with Crippen LogP contribution in [0.15, 0.2) is 59.7 Å². The third-order valence-electron chi connectivity index (χ3n) is 4.07. The summed E-state index contributed by atoms with van der Waals surface area (Å²) in [6.45, 7) is 2.27. The molecule has 3 rings (SSSR count). The van der Waals surface area contributed by atoms with E-state index in [0.717, 1.165) is 17.5 Å². The zero-order chi connectivity index (χ0) is 18.4. The number of hydrogen-bond donors (Lipinski definition) is 2. The van der Waals surface area contributed by atoms with Gasteiger partial charge in [0.05, 0.1) is 6.42 Å². The predicted molar refractivity (Wildman–Crippen MR) is 99.7 cm³/mol. The van der Waals surface area contributed by atoms with Crippen LogP contribution in [0, 0.1) is 6.92 Å². The number of benzene rings is 1. The summed E-state index contributed by atoms with van der Waals surface area (Å²) < 4.78 is 0. The number of pyridine rings is 1. The molecule has 0 saturated carbocycles. The van der Waals surface area contributed by atoms with Gasteiger partial charge in [0, 0.05) is 35.8 Å². The number of amides is 1. The zero-order valence-corrected chi connectivity index (χ0v) is 14.5. The van der Waals surface area contributed by atoms with E-state index in [9.17, 15) is 9.59 Å². The maximum absolute atomic E-state index is 12.4. The van der Waals surface area contributed by atoms with E-state index in [-0.39, 0.29) is 17.9 Å². The lowest BCUT2D eigenvalue weighted by molar-refractivity contribution is -0.120. The Bertz CT molecular complexity index is 937. The third kappa shape index (κ3) is 4.42. The van der Waals surface area contributed by atoms with Gasteiger partial charge in [0.1, 0.15) is 5.82 Å². The average Bonchev–Trinajstić information content (AvgIpc) is 2.66. The van der Waals surface area contributed by atoms with Crippen LogP contribution in [-0.2, 0) is 17.6 Å². The van der Waals surface area contributed by atoms with Gasteiger partial charge in [0.2, 0.25) is 5.91 Å². The van der Waals surface area contributed by atoms with Gasteiger partial charge >= 0.3 is 0 Å². The predicted octanol–water partition coefficient (Wildman–Crippen LogP) is 2.04. The molecule has 132 valence electrons. The standard InChI is InChI=1S/C20H20N4O2/c1-14-17(12-18(25)22-11-9-15-6-3-2-4-7-15)20(26)24-19(23-14)16-8-5-10-21-13-16/h2-8,10,13H,9,11-12H2,1H3,(H,22,25)(H,23,24,26). The van der Waals surface area contributed by atoms with E-state index in [4.69, 9.17) is 0 Å². The number of carbonyl (C=O) groups is 1. The lowest BCUT2D eigenvalue weighted by Crippen LogP contribution is -2.30. The number of rotatable bonds is 6. The van der Waals surface area contributed by atoms with Gasteiger partial charge in [-0.15, -0.1) is 0 Å². The molecule has 0 aliphatic heterocycles. The summed E-state index contributed by atoms with van der Waals surface area (Å²) in [5.74, 6) is 0.263. The van der Waals surface area contributed by atoms with Gasteiger partial charge in [0.25, 0.3) is 5.56 Å². The lowest BCUT2D eigenvalue weighted by atomic mass is 10.1. The summed E-state index contributed by atoms with van der Waals surface area (Å²) >= 11 is 0. The smallest absolute Gasteiger partial charge is 0.255 e. The van der Waals surface area contributed by atoms with E-state index >= 15 is 0 Å². The first-order valence-corrected chi connectivity index (χ1v) is 8.44. The molecule has 0 bridgehead atoms. The van der Waals surface area contributed by atoms with Gasteiger partial charge in [0.15, 0.2) is 0 Å². The van der Waals surface area contributed by atoms with Crippen LogP contribution in [0.4, 0.5) is 0 Å². The largest absolute Gasteiger partial charge is 0.355 e. The molecule has 0 saturated heterocycles. The second-order valence-corrected chi connectivity index (χ2v) is 5.98. The second-order valence-electron chi connectivity index (χ2n) is 5.98. The SMILES string of the molecule is Cc1nc(-c2cccnc2)[nH]c(=O)c1CC(=O)NCCc1ccccc1. The highest BCUT2D eigenvalue weighted by atomic mass is 16.2. The molecule has 0 unspecified atom stereocenters. The normalized spacial score (nSPS) is 10.5. The molecular formula is C20H20N4O2. The van der Waals surface area contributed by atoms with Crippen LogP contribution < -0.4 is 10.9 Å². The Hall–Kier alpha value is -3.28. The van der Waals surface area contributed by atoms with Gasteiger partial charge in [-0.05, 0) is 31.0 Å². The molecule has 6 nitrogen and oxygen atoms in total. The van der Waals surface area contributed by atoms with Gasteiger partial charge in [-0.1, -0.05) is 30.3 Å². The number of aromatic nitrogens is 3. The molecule has 0 radical (unpaired) electrons. The topological polar surface area (TPSA) is 87.7 Å². The molecule has 6 heteroatoms. The summed E-state index contributed by atoms with van der Waals surface area (Å²) in [7, 11) is 0. The molecule has 0 atom stereocenters. The molecule has 1 aromatic carbocycles. The van der Waals surface area contributed by atoms with Gasteiger partial charge in [-0.25, -0.2) is 4.98 Å². The highest BCUT2D eigenvalue weighted by Gasteiger charge is 2.13. The fraction of sp³-hybridized carbons (Fsp3) is 0.200. The Morgan fingerprint density at radius 1 is 1.15 bits per heavy atom. The molecule has 2 N–H and O–H groups in total. The van der Waals surface area contributed by atoms with Crippen LogP contribution in [0.2, 0.25) is 0 Å². The Balaban J connectivity index is 1.64. The molecule has 0 aliphatic rings. The first kappa shape index (κ1) is 17.5. The fourth-order valence-corrected chi connectivity index (χ4v) is 2.67. The lowest BCUT2D eigenvalue weighted by Gasteiger charge is -2.08. The summed E-state index contributed by atoms with van der Waals surface area (Å²) in [5.41, 5.74) is 2.52. The van der Waals surface area contributed by atoms with Crippen molar-refractivity contribution >= 4 is 5.91 Å². The minimum Gasteiger partial charge on any atom is -0.355 e. The third-order valence-corrected chi connectivity index (χ3v) is 4.07. The molecule has 0 aliphatic carbocycles. The fourth-order valence-electron chi connectivity index (χ4n) is 2.67. The zero-order valence-electron chi connectivity index (χ0n) is 14.5. The summed E-state index contributed by atoms with van der Waals surface area (Å²) in [6.07, 6.45) is 4.05. The van der Waals surface area contributed by atoms with E-state index in [0.29, 0.717) is 23.6 Å². The first-order valence-electron chi connectivity index (χ1n) is 8.44. The monoisotopic (exact) mass is 348 g/mol. The van der Waals surface area contributed by atoms with Gasteiger partial charge in [-0.3, -0.25) is 14.6 Å². The Morgan fingerprint density at radius 3 is 2.65 bits per heavy atom. The van der Waals surface area contributed by atoms with Crippen molar-refractivity contribution in [3.05, 3.63) is 82.0 Å². The molecule has 26 heavy (non-hydrogen) atoms. The van der Waals surface area contributed by atoms with E-state index in [1.807, 2.05) is 36.4 Å². The number of aromatic amines is 1. The Labute approximate surface area is 151 Å². The molecule has 1 amide bonds. The van der Waals surface area contributed by atoms with Crippen molar-refractivity contribution < 1.29 is 4.79 Å². The van der Waals surface area contributed by atoms with Crippen molar-refractivity contribution in [2.45, 2.75) is 19.8 Å². The van der Waals surface area contributed by atoms with Gasteiger partial charge < -0.3 is 10.3 Å². The maximum atomic E-state index is 12.4. The van der Waals surface area contributed by atoms with Crippen LogP contribution in [-0.4, -0.2) is 27.4 Å². The van der Waals surface area contributed by atoms with Crippen LogP contribution in [0.1, 0.15) is 16.8 Å². The molecule has 0 spiro atoms. The number of aryl methyl sites for hydroxylation is 1. The minimum atomic E-state index is -0.297. The molecule has 0 fully saturated rings. The van der Waals surface area contributed by atoms with Crippen LogP contribution in [0.5, 0.6) is 0 Å². The van der Waals surface area contributed by atoms with Crippen molar-refractivity contribution in [3.63, 3.8) is 0 Å². The van der Waals surface area contributed by atoms with E-state index in [2.05, 4.69) is 20.3 Å². The van der Waals surface area contributed by atoms with Crippen molar-refractivity contribution in [2.24, 2.45) is 0 Å². The minimum absolute atomic E-state index is 0.0102. The Morgan fingerprint density at radius 2 is 1.96 bits per heavy atom. The summed E-state index contributed by atoms with van der Waals surface area (Å²) in [5, 5.41) is 2.85. The summed E-state index contributed by atoms with van der Waals surface area (Å²) in [6, 6.07) is 13.5. The number of hydrogen-bond acceptors (Lipinski definition) is 4. The molecule has 2 heterocycles. The molecular weight excluding hydrogens is 328 g/mol. The maximum Gasteiger partial charge on any atom is 0.255 e. The second kappa shape index (κ2) is 8.20. The van der Waals surface area contributed by atoms with Crippen molar-refractivity contribution in [1.29, 1.82) is 0 Å². The average molecular weight is 348 g/mol. The quantitative estimate of drug-likeness (QED) is 0.714. The van der Waals surface area contributed by atoms with Crippen LogP contribution in [0.25, 0.3) is 11.4 Å². The number of H-pyrrole nitrogens is 1. The van der Waals surface area contributed by atoms with Crippen LogP contribution >= 0.6 is 0 Å². The van der Waals surface area contributed by atoms with Crippen molar-refractivity contribution in [1.82, 2.24) is 20.3 Å². The van der Waals surface area contributed by atoms with Crippen molar-refractivity contribution in [2.75, 3.05) is 6.54 Å². The number of nitrogens with zero attached hydrogens (tertiary/aromatic N) is 2. The highest BCUT2D eigenvalue weighted by molar-refractivity contribution is 5.78. The summed E-state index contributed by atoms with van der Waals surface area (Å²) in [4.78, 5) is 35.7. The highest BCUT2D eigenvalue weighted by Crippen LogP contribution is 2.12. The van der Waals surface area contributed by atoms with E-state index in [1.165, 1.54) is 0 Å². The van der Waals surface area contributed by atoms with Crippen LogP contribution in [0.3, 0.4) is 0 Å². The molecule has 2 aromatic heterocycles. The van der Waals surface area contributed by atoms with E-state index < -0.39 is 0 Å². The van der Waals surface area contributed by atoms with E-state index in [1.54, 1.807) is 25.4 Å². The molecule has 3 aromatic rings. The number of nitrogens with one attached hydrogen (secondary N) is 2.